The summed E-state index contributed by atoms with van der Waals surface area (Å²) >= 11 is 0. The molecule has 0 atom stereocenters. The second-order valence-corrected chi connectivity index (χ2v) is 4.82. The number of ether oxygens (including phenoxy) is 1. The van der Waals surface area contributed by atoms with Crippen LogP contribution in [0, 0.1) is 31.5 Å². The van der Waals surface area contributed by atoms with Crippen LogP contribution in [0.4, 0.5) is 4.39 Å². The number of halogens is 1. The summed E-state index contributed by atoms with van der Waals surface area (Å²) in [7, 11) is 0. The molecular weight excluding hydrogens is 267 g/mol. The van der Waals surface area contributed by atoms with Gasteiger partial charge in [-0.2, -0.15) is 0 Å². The third-order valence-electron chi connectivity index (χ3n) is 3.06. The monoisotopic (exact) mass is 284 g/mol. The van der Waals surface area contributed by atoms with E-state index in [1.54, 1.807) is 6.07 Å². The van der Waals surface area contributed by atoms with E-state index in [0.717, 1.165) is 16.9 Å². The largest absolute Gasteiger partial charge is 0.488 e. The van der Waals surface area contributed by atoms with E-state index in [1.165, 1.54) is 12.1 Å². The summed E-state index contributed by atoms with van der Waals surface area (Å²) in [6.07, 6.45) is 0. The molecule has 108 valence electrons. The van der Waals surface area contributed by atoms with Gasteiger partial charge in [-0.05, 0) is 48.7 Å². The number of hydrogen-bond donors (Lipinski definition) is 1. The van der Waals surface area contributed by atoms with Crippen molar-refractivity contribution in [3.05, 3.63) is 64.5 Å². The number of aryl methyl sites for hydroxylation is 2. The van der Waals surface area contributed by atoms with E-state index in [2.05, 4.69) is 11.8 Å². The van der Waals surface area contributed by atoms with Crippen LogP contribution in [0.5, 0.6) is 5.75 Å². The average molecular weight is 284 g/mol. The molecule has 2 aromatic carbocycles. The maximum atomic E-state index is 13.6. The Labute approximate surface area is 124 Å². The molecule has 2 rings (SSSR count). The predicted octanol–water partition coefficient (Wildman–Crippen LogP) is 3.37. The van der Waals surface area contributed by atoms with Gasteiger partial charge >= 0.3 is 0 Å². The van der Waals surface area contributed by atoms with Gasteiger partial charge in [-0.1, -0.05) is 30.0 Å². The van der Waals surface area contributed by atoms with Gasteiger partial charge in [0.05, 0.1) is 0 Å². The fourth-order valence-electron chi connectivity index (χ4n) is 2.13. The molecule has 3 heteroatoms. The van der Waals surface area contributed by atoms with Crippen molar-refractivity contribution in [2.75, 3.05) is 6.61 Å². The zero-order valence-corrected chi connectivity index (χ0v) is 12.1. The molecule has 0 bridgehead atoms. The highest BCUT2D eigenvalue weighted by molar-refractivity contribution is 5.41. The van der Waals surface area contributed by atoms with Crippen molar-refractivity contribution < 1.29 is 14.2 Å². The number of para-hydroxylation sites is 1. The molecule has 0 aromatic heterocycles. The molecular formula is C18H17FO2. The summed E-state index contributed by atoms with van der Waals surface area (Å²) in [6, 6.07) is 10.5. The van der Waals surface area contributed by atoms with E-state index in [0.29, 0.717) is 11.1 Å². The fraction of sp³-hybridized carbons (Fsp3) is 0.222. The van der Waals surface area contributed by atoms with Gasteiger partial charge in [0.15, 0.2) is 0 Å². The molecule has 0 aliphatic carbocycles. The Balaban J connectivity index is 2.18. The first-order chi connectivity index (χ1) is 10.1. The standard InChI is InChI=1S/C18H17FO2/c1-13-5-3-6-14(2)18(13)21-12-16-9-15(7-4-8-20)10-17(19)11-16/h3,5-6,9-11,20H,8,12H2,1-2H3. The quantitative estimate of drug-likeness (QED) is 0.876. The lowest BCUT2D eigenvalue weighted by Gasteiger charge is -2.12. The van der Waals surface area contributed by atoms with Crippen LogP contribution in [-0.4, -0.2) is 11.7 Å². The number of aliphatic hydroxyl groups is 1. The van der Waals surface area contributed by atoms with Crippen molar-refractivity contribution in [1.29, 1.82) is 0 Å². The minimum absolute atomic E-state index is 0.245. The van der Waals surface area contributed by atoms with Gasteiger partial charge in [-0.15, -0.1) is 0 Å². The fourth-order valence-corrected chi connectivity index (χ4v) is 2.13. The smallest absolute Gasteiger partial charge is 0.125 e. The van der Waals surface area contributed by atoms with Gasteiger partial charge in [0.25, 0.3) is 0 Å². The van der Waals surface area contributed by atoms with Crippen molar-refractivity contribution in [3.8, 4) is 17.6 Å². The summed E-state index contributed by atoms with van der Waals surface area (Å²) < 4.78 is 19.4. The topological polar surface area (TPSA) is 29.5 Å². The Morgan fingerprint density at radius 3 is 2.52 bits per heavy atom. The van der Waals surface area contributed by atoms with Crippen LogP contribution in [0.3, 0.4) is 0 Å². The molecule has 2 nitrogen and oxygen atoms in total. The first-order valence-corrected chi connectivity index (χ1v) is 6.68. The molecule has 0 spiro atoms. The molecule has 21 heavy (non-hydrogen) atoms. The second kappa shape index (κ2) is 6.92. The van der Waals surface area contributed by atoms with Gasteiger partial charge in [-0.25, -0.2) is 4.39 Å². The summed E-state index contributed by atoms with van der Waals surface area (Å²) in [5, 5.41) is 8.69. The number of hydrogen-bond acceptors (Lipinski definition) is 2. The van der Waals surface area contributed by atoms with Crippen molar-refractivity contribution >= 4 is 0 Å². The highest BCUT2D eigenvalue weighted by atomic mass is 19.1. The van der Waals surface area contributed by atoms with E-state index in [-0.39, 0.29) is 19.0 Å². The van der Waals surface area contributed by atoms with Crippen molar-refractivity contribution in [3.63, 3.8) is 0 Å². The van der Waals surface area contributed by atoms with Crippen molar-refractivity contribution in [2.45, 2.75) is 20.5 Å². The van der Waals surface area contributed by atoms with Gasteiger partial charge in [0.1, 0.15) is 24.8 Å². The normalized spacial score (nSPS) is 9.90. The molecule has 0 amide bonds. The minimum atomic E-state index is -0.361. The molecule has 0 saturated carbocycles. The number of benzene rings is 2. The molecule has 2 aromatic rings. The van der Waals surface area contributed by atoms with E-state index in [4.69, 9.17) is 9.84 Å². The summed E-state index contributed by atoms with van der Waals surface area (Å²) in [5.74, 6) is 5.67. The van der Waals surface area contributed by atoms with Crippen LogP contribution < -0.4 is 4.74 Å². The highest BCUT2D eigenvalue weighted by Gasteiger charge is 2.05. The van der Waals surface area contributed by atoms with E-state index in [1.807, 2.05) is 32.0 Å². The van der Waals surface area contributed by atoms with Crippen molar-refractivity contribution in [1.82, 2.24) is 0 Å². The first kappa shape index (κ1) is 15.1. The second-order valence-electron chi connectivity index (χ2n) is 4.82. The Bertz CT molecular complexity index is 676. The van der Waals surface area contributed by atoms with Gasteiger partial charge < -0.3 is 9.84 Å². The van der Waals surface area contributed by atoms with Crippen LogP contribution in [0.1, 0.15) is 22.3 Å². The third kappa shape index (κ3) is 4.08. The minimum Gasteiger partial charge on any atom is -0.488 e. The Morgan fingerprint density at radius 2 is 1.86 bits per heavy atom. The lowest BCUT2D eigenvalue weighted by atomic mass is 10.1. The Morgan fingerprint density at radius 1 is 1.14 bits per heavy atom. The lowest BCUT2D eigenvalue weighted by molar-refractivity contribution is 0.301. The average Bonchev–Trinajstić information content (AvgIpc) is 2.44. The molecule has 0 aliphatic heterocycles. The first-order valence-electron chi connectivity index (χ1n) is 6.68. The Kier molecular flexibility index (Phi) is 4.97. The molecule has 0 aliphatic rings. The van der Waals surface area contributed by atoms with E-state index >= 15 is 0 Å². The summed E-state index contributed by atoms with van der Waals surface area (Å²) in [4.78, 5) is 0. The van der Waals surface area contributed by atoms with Crippen LogP contribution >= 0.6 is 0 Å². The van der Waals surface area contributed by atoms with E-state index < -0.39 is 0 Å². The molecule has 0 heterocycles. The molecule has 0 fully saturated rings. The Hall–Kier alpha value is -2.31. The van der Waals surface area contributed by atoms with Crippen LogP contribution in [0.25, 0.3) is 0 Å². The molecule has 0 saturated heterocycles. The third-order valence-corrected chi connectivity index (χ3v) is 3.06. The number of rotatable bonds is 3. The van der Waals surface area contributed by atoms with Crippen LogP contribution in [0.2, 0.25) is 0 Å². The maximum absolute atomic E-state index is 13.6. The SMILES string of the molecule is Cc1cccc(C)c1OCc1cc(F)cc(C#CCO)c1. The zero-order valence-electron chi connectivity index (χ0n) is 12.1. The summed E-state index contributed by atoms with van der Waals surface area (Å²) in [5.41, 5.74) is 3.34. The van der Waals surface area contributed by atoms with Crippen LogP contribution in [0.15, 0.2) is 36.4 Å². The van der Waals surface area contributed by atoms with Crippen molar-refractivity contribution in [2.24, 2.45) is 0 Å². The zero-order chi connectivity index (χ0) is 15.2. The lowest BCUT2D eigenvalue weighted by Crippen LogP contribution is -2.00. The summed E-state index contributed by atoms with van der Waals surface area (Å²) in [6.45, 7) is 3.99. The molecule has 0 radical (unpaired) electrons. The number of aliphatic hydroxyl groups excluding tert-OH is 1. The van der Waals surface area contributed by atoms with Gasteiger partial charge in [-0.3, -0.25) is 0 Å². The predicted molar refractivity (Wildman–Crippen MR) is 80.6 cm³/mol. The molecule has 0 unspecified atom stereocenters. The van der Waals surface area contributed by atoms with Crippen LogP contribution in [-0.2, 0) is 6.61 Å². The molecule has 1 N–H and O–H groups in total. The van der Waals surface area contributed by atoms with Gasteiger partial charge in [0, 0.05) is 5.56 Å². The van der Waals surface area contributed by atoms with Gasteiger partial charge in [0.2, 0.25) is 0 Å². The van der Waals surface area contributed by atoms with E-state index in [9.17, 15) is 4.39 Å². The highest BCUT2D eigenvalue weighted by Crippen LogP contribution is 2.23. The maximum Gasteiger partial charge on any atom is 0.125 e.